The Morgan fingerprint density at radius 3 is 2.85 bits per heavy atom. The lowest BCUT2D eigenvalue weighted by Crippen LogP contribution is -2.16. The van der Waals surface area contributed by atoms with E-state index in [9.17, 15) is 8.42 Å². The normalized spacial score (nSPS) is 11.9. The maximum Gasteiger partial charge on any atom is 0.335 e. The van der Waals surface area contributed by atoms with Gasteiger partial charge in [0, 0.05) is 18.6 Å². The van der Waals surface area contributed by atoms with Gasteiger partial charge in [-0.2, -0.15) is 13.4 Å². The van der Waals surface area contributed by atoms with Crippen molar-refractivity contribution in [3.8, 4) is 0 Å². The Morgan fingerprint density at radius 2 is 2.20 bits per heavy atom. The Hall–Kier alpha value is -2.14. The van der Waals surface area contributed by atoms with Gasteiger partial charge in [0.25, 0.3) is 10.0 Å². The molecule has 0 aliphatic heterocycles. The number of aryl methyl sites for hydroxylation is 1. The summed E-state index contributed by atoms with van der Waals surface area (Å²) in [6.45, 7) is 1.59. The molecule has 0 aliphatic carbocycles. The highest BCUT2D eigenvalue weighted by Gasteiger charge is 2.27. The number of imidazole rings is 1. The van der Waals surface area contributed by atoms with Gasteiger partial charge in [-0.25, -0.2) is 9.71 Å². The van der Waals surface area contributed by atoms with Crippen LogP contribution in [-0.4, -0.2) is 35.0 Å². The third-order valence-electron chi connectivity index (χ3n) is 2.46. The molecule has 0 amide bonds. The SMILES string of the molecule is CNc1nc2sccn2c1S(=O)(=O)Nc1nc(C)no1. The van der Waals surface area contributed by atoms with Crippen LogP contribution in [0.2, 0.25) is 0 Å². The van der Waals surface area contributed by atoms with E-state index in [-0.39, 0.29) is 16.9 Å². The van der Waals surface area contributed by atoms with E-state index in [2.05, 4.69) is 25.2 Å². The van der Waals surface area contributed by atoms with Crippen LogP contribution in [0.4, 0.5) is 11.8 Å². The summed E-state index contributed by atoms with van der Waals surface area (Å²) in [7, 11) is -2.30. The molecule has 20 heavy (non-hydrogen) atoms. The van der Waals surface area contributed by atoms with Crippen molar-refractivity contribution in [1.82, 2.24) is 19.5 Å². The minimum atomic E-state index is -3.90. The van der Waals surface area contributed by atoms with Crippen molar-refractivity contribution in [1.29, 1.82) is 0 Å². The second kappa shape index (κ2) is 4.45. The van der Waals surface area contributed by atoms with E-state index in [0.717, 1.165) is 0 Å². The van der Waals surface area contributed by atoms with Crippen LogP contribution < -0.4 is 10.0 Å². The lowest BCUT2D eigenvalue weighted by atomic mass is 10.7. The van der Waals surface area contributed by atoms with Crippen molar-refractivity contribution < 1.29 is 12.9 Å². The zero-order chi connectivity index (χ0) is 14.3. The molecular formula is C9H10N6O3S2. The Kier molecular flexibility index (Phi) is 2.87. The van der Waals surface area contributed by atoms with Crippen molar-refractivity contribution in [2.75, 3.05) is 17.1 Å². The predicted octanol–water partition coefficient (Wildman–Crippen LogP) is 0.930. The maximum absolute atomic E-state index is 12.4. The Morgan fingerprint density at radius 1 is 1.40 bits per heavy atom. The summed E-state index contributed by atoms with van der Waals surface area (Å²) in [6.07, 6.45) is 1.63. The lowest BCUT2D eigenvalue weighted by Gasteiger charge is -2.04. The zero-order valence-corrected chi connectivity index (χ0v) is 12.1. The molecule has 2 N–H and O–H groups in total. The maximum atomic E-state index is 12.4. The fourth-order valence-corrected chi connectivity index (χ4v) is 3.68. The van der Waals surface area contributed by atoms with E-state index in [0.29, 0.717) is 10.8 Å². The first-order valence-corrected chi connectivity index (χ1v) is 7.84. The van der Waals surface area contributed by atoms with Crippen molar-refractivity contribution in [3.05, 3.63) is 17.4 Å². The molecule has 0 aliphatic rings. The first-order valence-electron chi connectivity index (χ1n) is 5.47. The summed E-state index contributed by atoms with van der Waals surface area (Å²) in [6, 6.07) is -0.185. The zero-order valence-electron chi connectivity index (χ0n) is 10.5. The number of hydrogen-bond donors (Lipinski definition) is 2. The van der Waals surface area contributed by atoms with E-state index < -0.39 is 10.0 Å². The number of rotatable bonds is 4. The molecule has 3 heterocycles. The highest BCUT2D eigenvalue weighted by atomic mass is 32.2. The molecule has 106 valence electrons. The number of hydrogen-bond acceptors (Lipinski definition) is 8. The molecule has 0 atom stereocenters. The highest BCUT2D eigenvalue weighted by molar-refractivity contribution is 7.92. The van der Waals surface area contributed by atoms with Gasteiger partial charge < -0.3 is 9.84 Å². The number of aromatic nitrogens is 4. The van der Waals surface area contributed by atoms with Crippen molar-refractivity contribution >= 4 is 38.2 Å². The summed E-state index contributed by atoms with van der Waals surface area (Å²) in [4.78, 5) is 8.57. The minimum absolute atomic E-state index is 0.00731. The number of fused-ring (bicyclic) bond motifs is 1. The molecule has 0 aromatic carbocycles. The van der Waals surface area contributed by atoms with Crippen LogP contribution in [0.15, 0.2) is 21.1 Å². The van der Waals surface area contributed by atoms with E-state index in [1.165, 1.54) is 15.7 Å². The quantitative estimate of drug-likeness (QED) is 0.736. The summed E-state index contributed by atoms with van der Waals surface area (Å²) in [5.41, 5.74) is 0. The van der Waals surface area contributed by atoms with Gasteiger partial charge in [-0.3, -0.25) is 4.40 Å². The topological polar surface area (TPSA) is 114 Å². The lowest BCUT2D eigenvalue weighted by molar-refractivity contribution is 0.429. The van der Waals surface area contributed by atoms with Crippen LogP contribution in [-0.2, 0) is 10.0 Å². The van der Waals surface area contributed by atoms with Crippen molar-refractivity contribution in [2.45, 2.75) is 11.9 Å². The smallest absolute Gasteiger partial charge is 0.335 e. The molecule has 0 radical (unpaired) electrons. The van der Waals surface area contributed by atoms with Gasteiger partial charge in [0.2, 0.25) is 5.03 Å². The Bertz CT molecular complexity index is 861. The van der Waals surface area contributed by atoms with Crippen LogP contribution in [0.5, 0.6) is 0 Å². The first kappa shape index (κ1) is 12.9. The second-order valence-corrected chi connectivity index (χ2v) is 6.29. The minimum Gasteiger partial charge on any atom is -0.371 e. The molecule has 0 saturated heterocycles. The molecule has 0 fully saturated rings. The molecule has 3 aromatic rings. The van der Waals surface area contributed by atoms with Crippen LogP contribution in [0.1, 0.15) is 5.82 Å². The summed E-state index contributed by atoms with van der Waals surface area (Å²) >= 11 is 1.33. The van der Waals surface area contributed by atoms with Gasteiger partial charge in [0.05, 0.1) is 0 Å². The van der Waals surface area contributed by atoms with Crippen LogP contribution >= 0.6 is 11.3 Å². The number of nitrogens with zero attached hydrogens (tertiary/aromatic N) is 4. The standard InChI is InChI=1S/C9H10N6O3S2/c1-5-11-8(18-13-5)14-20(16,17)7-6(10-2)12-9-15(7)3-4-19-9/h3-4,10H,1-2H3,(H,11,13,14). The molecule has 11 heteroatoms. The Labute approximate surface area is 117 Å². The van der Waals surface area contributed by atoms with E-state index in [4.69, 9.17) is 4.52 Å². The van der Waals surface area contributed by atoms with Gasteiger partial charge in [-0.05, 0) is 6.92 Å². The summed E-state index contributed by atoms with van der Waals surface area (Å²) in [5, 5.41) is 8.03. The molecule has 0 unspecified atom stereocenters. The fraction of sp³-hybridized carbons (Fsp3) is 0.222. The monoisotopic (exact) mass is 314 g/mol. The van der Waals surface area contributed by atoms with Crippen molar-refractivity contribution in [2.24, 2.45) is 0 Å². The van der Waals surface area contributed by atoms with Crippen molar-refractivity contribution in [3.63, 3.8) is 0 Å². The fourth-order valence-electron chi connectivity index (χ4n) is 1.69. The van der Waals surface area contributed by atoms with Crippen LogP contribution in [0.25, 0.3) is 4.96 Å². The number of nitrogens with one attached hydrogen (secondary N) is 2. The van der Waals surface area contributed by atoms with Gasteiger partial charge in [0.1, 0.15) is 0 Å². The molecule has 3 rings (SSSR count). The van der Waals surface area contributed by atoms with Gasteiger partial charge in [-0.15, -0.1) is 11.3 Å². The molecule has 0 bridgehead atoms. The van der Waals surface area contributed by atoms with E-state index in [1.54, 1.807) is 25.5 Å². The molecular weight excluding hydrogens is 304 g/mol. The average Bonchev–Trinajstić information content (AvgIpc) is 3.02. The second-order valence-electron chi connectivity index (χ2n) is 3.82. The molecule has 0 spiro atoms. The van der Waals surface area contributed by atoms with Gasteiger partial charge >= 0.3 is 6.01 Å². The first-order chi connectivity index (χ1) is 9.51. The summed E-state index contributed by atoms with van der Waals surface area (Å²) < 4.78 is 33.3. The van der Waals surface area contributed by atoms with E-state index >= 15 is 0 Å². The predicted molar refractivity (Wildman–Crippen MR) is 72.5 cm³/mol. The molecule has 0 saturated carbocycles. The van der Waals surface area contributed by atoms with Gasteiger partial charge in [0.15, 0.2) is 16.6 Å². The average molecular weight is 314 g/mol. The van der Waals surface area contributed by atoms with Crippen LogP contribution in [0, 0.1) is 6.92 Å². The number of thiazole rings is 1. The molecule has 9 nitrogen and oxygen atoms in total. The molecule has 3 aromatic heterocycles. The highest BCUT2D eigenvalue weighted by Crippen LogP contribution is 2.26. The number of sulfonamides is 1. The van der Waals surface area contributed by atoms with E-state index in [1.807, 2.05) is 0 Å². The third-order valence-corrected chi connectivity index (χ3v) is 4.56. The van der Waals surface area contributed by atoms with Gasteiger partial charge in [-0.1, -0.05) is 5.16 Å². The Balaban J connectivity index is 2.10. The van der Waals surface area contributed by atoms with Crippen LogP contribution in [0.3, 0.4) is 0 Å². The third kappa shape index (κ3) is 2.00. The number of anilines is 2. The largest absolute Gasteiger partial charge is 0.371 e. The summed E-state index contributed by atoms with van der Waals surface area (Å²) in [5.74, 6) is 0.589.